The Hall–Kier alpha value is -1.84. The van der Waals surface area contributed by atoms with E-state index in [2.05, 4.69) is 36.5 Å². The van der Waals surface area contributed by atoms with Gasteiger partial charge in [-0.25, -0.2) is 0 Å². The lowest BCUT2D eigenvalue weighted by atomic mass is 10.1. The van der Waals surface area contributed by atoms with E-state index in [1.165, 1.54) is 11.1 Å². The number of benzene rings is 1. The summed E-state index contributed by atoms with van der Waals surface area (Å²) < 4.78 is 0. The zero-order chi connectivity index (χ0) is 15.2. The first-order chi connectivity index (χ1) is 10.1. The van der Waals surface area contributed by atoms with E-state index >= 15 is 0 Å². The monoisotopic (exact) mass is 288 g/mol. The summed E-state index contributed by atoms with van der Waals surface area (Å²) in [4.78, 5) is 25.4. The third-order valence-electron chi connectivity index (χ3n) is 3.99. The van der Waals surface area contributed by atoms with Crippen molar-refractivity contribution in [2.24, 2.45) is 5.92 Å². The van der Waals surface area contributed by atoms with Crippen molar-refractivity contribution >= 4 is 11.8 Å². The molecule has 1 aromatic carbocycles. The van der Waals surface area contributed by atoms with Crippen LogP contribution >= 0.6 is 0 Å². The highest BCUT2D eigenvalue weighted by Crippen LogP contribution is 2.17. The number of nitrogens with zero attached hydrogens (tertiary/aromatic N) is 1. The largest absolute Gasteiger partial charge is 0.356 e. The lowest BCUT2D eigenvalue weighted by Crippen LogP contribution is -2.33. The summed E-state index contributed by atoms with van der Waals surface area (Å²) in [6, 6.07) is 8.44. The second-order valence-electron chi connectivity index (χ2n) is 5.72. The molecule has 1 aliphatic rings. The maximum Gasteiger partial charge on any atom is 0.225 e. The number of carbonyl (C=O) groups is 2. The molecule has 1 fully saturated rings. The van der Waals surface area contributed by atoms with Gasteiger partial charge < -0.3 is 10.2 Å². The Bertz CT molecular complexity index is 513. The van der Waals surface area contributed by atoms with Crippen molar-refractivity contribution in [3.05, 3.63) is 35.4 Å². The smallest absolute Gasteiger partial charge is 0.225 e. The van der Waals surface area contributed by atoms with E-state index in [1.54, 1.807) is 4.90 Å². The Balaban J connectivity index is 1.69. The van der Waals surface area contributed by atoms with Crippen LogP contribution in [-0.2, 0) is 16.0 Å². The number of carbonyl (C=O) groups excluding carboxylic acids is 2. The van der Waals surface area contributed by atoms with Crippen molar-refractivity contribution in [2.75, 3.05) is 19.6 Å². The van der Waals surface area contributed by atoms with Crippen LogP contribution in [-0.4, -0.2) is 36.3 Å². The van der Waals surface area contributed by atoms with Gasteiger partial charge in [-0.2, -0.15) is 0 Å². The Morgan fingerprint density at radius 3 is 2.90 bits per heavy atom. The van der Waals surface area contributed by atoms with Gasteiger partial charge in [0.05, 0.1) is 5.92 Å². The summed E-state index contributed by atoms with van der Waals surface area (Å²) in [7, 11) is 0. The SMILES string of the molecule is CCN1CC(C(=O)NCCCc2cccc(C)c2)CC1=O. The Labute approximate surface area is 126 Å². The van der Waals surface area contributed by atoms with Gasteiger partial charge in [0.25, 0.3) is 0 Å². The normalized spacial score (nSPS) is 18.1. The minimum Gasteiger partial charge on any atom is -0.356 e. The van der Waals surface area contributed by atoms with Crippen LogP contribution in [0.3, 0.4) is 0 Å². The van der Waals surface area contributed by atoms with E-state index in [9.17, 15) is 9.59 Å². The quantitative estimate of drug-likeness (QED) is 0.813. The van der Waals surface area contributed by atoms with Crippen LogP contribution in [0.15, 0.2) is 24.3 Å². The van der Waals surface area contributed by atoms with E-state index in [-0.39, 0.29) is 17.7 Å². The zero-order valence-electron chi connectivity index (χ0n) is 12.9. The predicted molar refractivity (Wildman–Crippen MR) is 82.9 cm³/mol. The molecule has 0 radical (unpaired) electrons. The molecule has 0 bridgehead atoms. The average molecular weight is 288 g/mol. The van der Waals surface area contributed by atoms with Gasteiger partial charge in [0, 0.05) is 26.1 Å². The Morgan fingerprint density at radius 2 is 2.24 bits per heavy atom. The highest BCUT2D eigenvalue weighted by atomic mass is 16.2. The molecule has 2 amide bonds. The molecule has 0 aliphatic carbocycles. The van der Waals surface area contributed by atoms with Gasteiger partial charge in [-0.15, -0.1) is 0 Å². The van der Waals surface area contributed by atoms with E-state index < -0.39 is 0 Å². The molecular weight excluding hydrogens is 264 g/mol. The average Bonchev–Trinajstić information content (AvgIpc) is 2.85. The highest BCUT2D eigenvalue weighted by Gasteiger charge is 2.32. The third-order valence-corrected chi connectivity index (χ3v) is 3.99. The van der Waals surface area contributed by atoms with Gasteiger partial charge in [-0.05, 0) is 32.3 Å². The fraction of sp³-hybridized carbons (Fsp3) is 0.529. The lowest BCUT2D eigenvalue weighted by molar-refractivity contribution is -0.128. The fourth-order valence-corrected chi connectivity index (χ4v) is 2.77. The molecule has 2 rings (SSSR count). The van der Waals surface area contributed by atoms with E-state index in [0.717, 1.165) is 12.8 Å². The molecule has 4 heteroatoms. The number of nitrogens with one attached hydrogen (secondary N) is 1. The minimum absolute atomic E-state index is 0.0172. The molecule has 4 nitrogen and oxygen atoms in total. The molecule has 0 spiro atoms. The van der Waals surface area contributed by atoms with Crippen LogP contribution in [0.4, 0.5) is 0 Å². The third kappa shape index (κ3) is 4.31. The van der Waals surface area contributed by atoms with Crippen molar-refractivity contribution in [1.29, 1.82) is 0 Å². The first kappa shape index (κ1) is 15.5. The number of rotatable bonds is 6. The van der Waals surface area contributed by atoms with Crippen LogP contribution in [0, 0.1) is 12.8 Å². The number of aryl methyl sites for hydroxylation is 2. The van der Waals surface area contributed by atoms with Crippen molar-refractivity contribution in [1.82, 2.24) is 10.2 Å². The molecule has 0 saturated carbocycles. The van der Waals surface area contributed by atoms with Crippen LogP contribution in [0.2, 0.25) is 0 Å². The molecule has 0 aromatic heterocycles. The molecule has 1 unspecified atom stereocenters. The molecule has 1 aliphatic heterocycles. The molecule has 21 heavy (non-hydrogen) atoms. The number of amides is 2. The maximum atomic E-state index is 12.0. The van der Waals surface area contributed by atoms with Crippen LogP contribution in [0.5, 0.6) is 0 Å². The lowest BCUT2D eigenvalue weighted by Gasteiger charge is -2.13. The van der Waals surface area contributed by atoms with Gasteiger partial charge in [0.15, 0.2) is 0 Å². The van der Waals surface area contributed by atoms with Crippen molar-refractivity contribution in [3.8, 4) is 0 Å². The predicted octanol–water partition coefficient (Wildman–Crippen LogP) is 1.91. The van der Waals surface area contributed by atoms with Gasteiger partial charge >= 0.3 is 0 Å². The molecule has 1 heterocycles. The fourth-order valence-electron chi connectivity index (χ4n) is 2.77. The molecule has 114 valence electrons. The van der Waals surface area contributed by atoms with Gasteiger partial charge in [-0.3, -0.25) is 9.59 Å². The van der Waals surface area contributed by atoms with Crippen LogP contribution < -0.4 is 5.32 Å². The first-order valence-electron chi connectivity index (χ1n) is 7.71. The summed E-state index contributed by atoms with van der Waals surface area (Å²) >= 11 is 0. The second kappa shape index (κ2) is 7.25. The second-order valence-corrected chi connectivity index (χ2v) is 5.72. The molecule has 1 atom stereocenters. The van der Waals surface area contributed by atoms with Crippen LogP contribution in [0.25, 0.3) is 0 Å². The molecule has 1 saturated heterocycles. The summed E-state index contributed by atoms with van der Waals surface area (Å²) in [5.74, 6) is -0.0580. The van der Waals surface area contributed by atoms with Crippen molar-refractivity contribution in [3.63, 3.8) is 0 Å². The van der Waals surface area contributed by atoms with E-state index in [4.69, 9.17) is 0 Å². The highest BCUT2D eigenvalue weighted by molar-refractivity contribution is 5.89. The van der Waals surface area contributed by atoms with Crippen molar-refractivity contribution in [2.45, 2.75) is 33.1 Å². The summed E-state index contributed by atoms with van der Waals surface area (Å²) in [6.45, 7) is 5.96. The van der Waals surface area contributed by atoms with E-state index in [0.29, 0.717) is 26.1 Å². The number of hydrogen-bond acceptors (Lipinski definition) is 2. The van der Waals surface area contributed by atoms with Gasteiger partial charge in [-0.1, -0.05) is 29.8 Å². The first-order valence-corrected chi connectivity index (χ1v) is 7.71. The maximum absolute atomic E-state index is 12.0. The minimum atomic E-state index is -0.170. The number of likely N-dealkylation sites (tertiary alicyclic amines) is 1. The summed E-state index contributed by atoms with van der Waals surface area (Å²) in [6.07, 6.45) is 2.25. The summed E-state index contributed by atoms with van der Waals surface area (Å²) in [5, 5.41) is 2.96. The topological polar surface area (TPSA) is 49.4 Å². The molecule has 1 N–H and O–H groups in total. The van der Waals surface area contributed by atoms with E-state index in [1.807, 2.05) is 6.92 Å². The number of hydrogen-bond donors (Lipinski definition) is 1. The van der Waals surface area contributed by atoms with Gasteiger partial charge in [0.2, 0.25) is 11.8 Å². The summed E-state index contributed by atoms with van der Waals surface area (Å²) in [5.41, 5.74) is 2.57. The standard InChI is InChI=1S/C17H24N2O2/c1-3-19-12-15(11-16(19)20)17(21)18-9-5-8-14-7-4-6-13(2)10-14/h4,6-7,10,15H,3,5,8-9,11-12H2,1-2H3,(H,18,21). The molecular formula is C17H24N2O2. The van der Waals surface area contributed by atoms with Crippen LogP contribution in [0.1, 0.15) is 30.9 Å². The Kier molecular flexibility index (Phi) is 5.37. The van der Waals surface area contributed by atoms with Gasteiger partial charge in [0.1, 0.15) is 0 Å². The Morgan fingerprint density at radius 1 is 1.43 bits per heavy atom. The zero-order valence-corrected chi connectivity index (χ0v) is 12.9. The molecule has 1 aromatic rings. The van der Waals surface area contributed by atoms with Crippen molar-refractivity contribution < 1.29 is 9.59 Å².